The molecule has 0 bridgehead atoms. The SMILES string of the molecule is O=C(CCC1NCc2ccccc21)NC1CC1. The second kappa shape index (κ2) is 4.49. The summed E-state index contributed by atoms with van der Waals surface area (Å²) in [5.41, 5.74) is 2.74. The number of rotatable bonds is 4. The van der Waals surface area contributed by atoms with Gasteiger partial charge >= 0.3 is 0 Å². The van der Waals surface area contributed by atoms with Crippen LogP contribution in [-0.2, 0) is 11.3 Å². The molecule has 1 aliphatic heterocycles. The second-order valence-corrected chi connectivity index (χ2v) is 5.01. The third-order valence-electron chi connectivity index (χ3n) is 3.57. The molecule has 2 N–H and O–H groups in total. The van der Waals surface area contributed by atoms with Crippen molar-refractivity contribution in [1.82, 2.24) is 10.6 Å². The average molecular weight is 230 g/mol. The topological polar surface area (TPSA) is 41.1 Å². The highest BCUT2D eigenvalue weighted by Gasteiger charge is 2.25. The van der Waals surface area contributed by atoms with Gasteiger partial charge in [0.15, 0.2) is 0 Å². The van der Waals surface area contributed by atoms with E-state index in [2.05, 4.69) is 34.9 Å². The Bertz CT molecular complexity index is 426. The van der Waals surface area contributed by atoms with Gasteiger partial charge in [0.05, 0.1) is 0 Å². The number of nitrogens with one attached hydrogen (secondary N) is 2. The Morgan fingerprint density at radius 1 is 1.35 bits per heavy atom. The Labute approximate surface area is 102 Å². The van der Waals surface area contributed by atoms with Crippen LogP contribution in [0.4, 0.5) is 0 Å². The maximum atomic E-state index is 11.6. The van der Waals surface area contributed by atoms with Gasteiger partial charge in [-0.3, -0.25) is 4.79 Å². The summed E-state index contributed by atoms with van der Waals surface area (Å²) in [5.74, 6) is 0.207. The summed E-state index contributed by atoms with van der Waals surface area (Å²) in [6.45, 7) is 0.936. The standard InChI is InChI=1S/C14H18N2O/c17-14(16-11-5-6-11)8-7-13-12-4-2-1-3-10(12)9-15-13/h1-4,11,13,15H,5-9H2,(H,16,17). The Hall–Kier alpha value is -1.35. The molecule has 0 aromatic heterocycles. The molecule has 0 saturated heterocycles. The normalized spacial score (nSPS) is 22.2. The van der Waals surface area contributed by atoms with Crippen LogP contribution in [0.2, 0.25) is 0 Å². The Morgan fingerprint density at radius 2 is 2.18 bits per heavy atom. The Kier molecular flexibility index (Phi) is 2.85. The fraction of sp³-hybridized carbons (Fsp3) is 0.500. The summed E-state index contributed by atoms with van der Waals surface area (Å²) in [6.07, 6.45) is 3.85. The third kappa shape index (κ3) is 2.50. The molecule has 1 aromatic carbocycles. The molecule has 3 nitrogen and oxygen atoms in total. The van der Waals surface area contributed by atoms with Gasteiger partial charge in [-0.15, -0.1) is 0 Å². The molecule has 1 heterocycles. The van der Waals surface area contributed by atoms with Gasteiger partial charge in [0, 0.05) is 25.0 Å². The molecule has 17 heavy (non-hydrogen) atoms. The first-order valence-electron chi connectivity index (χ1n) is 6.43. The van der Waals surface area contributed by atoms with Crippen LogP contribution < -0.4 is 10.6 Å². The molecule has 90 valence electrons. The monoisotopic (exact) mass is 230 g/mol. The molecule has 1 aliphatic carbocycles. The number of carbonyl (C=O) groups is 1. The van der Waals surface area contributed by atoms with E-state index in [0.717, 1.165) is 25.8 Å². The molecule has 2 aliphatic rings. The van der Waals surface area contributed by atoms with Gasteiger partial charge in [-0.1, -0.05) is 24.3 Å². The minimum absolute atomic E-state index is 0.207. The molecule has 1 fully saturated rings. The van der Waals surface area contributed by atoms with Crippen molar-refractivity contribution in [1.29, 1.82) is 0 Å². The highest BCUT2D eigenvalue weighted by Crippen LogP contribution is 2.28. The van der Waals surface area contributed by atoms with E-state index in [9.17, 15) is 4.79 Å². The lowest BCUT2D eigenvalue weighted by molar-refractivity contribution is -0.121. The second-order valence-electron chi connectivity index (χ2n) is 5.01. The summed E-state index contributed by atoms with van der Waals surface area (Å²) >= 11 is 0. The minimum Gasteiger partial charge on any atom is -0.353 e. The highest BCUT2D eigenvalue weighted by molar-refractivity contribution is 5.76. The van der Waals surface area contributed by atoms with Crippen LogP contribution in [0.3, 0.4) is 0 Å². The van der Waals surface area contributed by atoms with Gasteiger partial charge in [-0.25, -0.2) is 0 Å². The molecule has 1 saturated carbocycles. The number of amides is 1. The predicted octanol–water partition coefficient (Wildman–Crippen LogP) is 1.89. The van der Waals surface area contributed by atoms with Crippen LogP contribution >= 0.6 is 0 Å². The lowest BCUT2D eigenvalue weighted by Crippen LogP contribution is -2.26. The number of benzene rings is 1. The summed E-state index contributed by atoms with van der Waals surface area (Å²) in [4.78, 5) is 11.6. The van der Waals surface area contributed by atoms with Gasteiger partial charge in [0.25, 0.3) is 0 Å². The molecular formula is C14H18N2O. The molecule has 3 heteroatoms. The average Bonchev–Trinajstić information content (AvgIpc) is 3.06. The van der Waals surface area contributed by atoms with Crippen molar-refractivity contribution in [2.75, 3.05) is 0 Å². The molecule has 1 amide bonds. The van der Waals surface area contributed by atoms with Crippen LogP contribution in [-0.4, -0.2) is 11.9 Å². The van der Waals surface area contributed by atoms with Crippen molar-refractivity contribution < 1.29 is 4.79 Å². The van der Waals surface area contributed by atoms with E-state index in [1.54, 1.807) is 0 Å². The summed E-state index contributed by atoms with van der Waals surface area (Å²) < 4.78 is 0. The fourth-order valence-electron chi connectivity index (χ4n) is 2.44. The van der Waals surface area contributed by atoms with Crippen LogP contribution in [0.15, 0.2) is 24.3 Å². The van der Waals surface area contributed by atoms with E-state index in [4.69, 9.17) is 0 Å². The van der Waals surface area contributed by atoms with Gasteiger partial charge in [0.2, 0.25) is 5.91 Å². The summed E-state index contributed by atoms with van der Waals surface area (Å²) in [7, 11) is 0. The maximum absolute atomic E-state index is 11.6. The zero-order valence-electron chi connectivity index (χ0n) is 9.91. The van der Waals surface area contributed by atoms with E-state index >= 15 is 0 Å². The fourth-order valence-corrected chi connectivity index (χ4v) is 2.44. The molecule has 0 spiro atoms. The van der Waals surface area contributed by atoms with Gasteiger partial charge in [0.1, 0.15) is 0 Å². The lowest BCUT2D eigenvalue weighted by Gasteiger charge is -2.11. The number of fused-ring (bicyclic) bond motifs is 1. The minimum atomic E-state index is 0.207. The van der Waals surface area contributed by atoms with E-state index in [-0.39, 0.29) is 5.91 Å². The van der Waals surface area contributed by atoms with Crippen molar-refractivity contribution >= 4 is 5.91 Å². The Balaban J connectivity index is 1.54. The van der Waals surface area contributed by atoms with Crippen molar-refractivity contribution in [3.8, 4) is 0 Å². The zero-order valence-corrected chi connectivity index (χ0v) is 9.91. The molecule has 1 unspecified atom stereocenters. The summed E-state index contributed by atoms with van der Waals surface area (Å²) in [6, 6.07) is 9.31. The lowest BCUT2D eigenvalue weighted by atomic mass is 10.0. The van der Waals surface area contributed by atoms with E-state index in [0.29, 0.717) is 18.5 Å². The van der Waals surface area contributed by atoms with Crippen LogP contribution in [0.5, 0.6) is 0 Å². The first kappa shape index (κ1) is 10.8. The number of carbonyl (C=O) groups excluding carboxylic acids is 1. The first-order chi connectivity index (χ1) is 8.33. The molecular weight excluding hydrogens is 212 g/mol. The van der Waals surface area contributed by atoms with Gasteiger partial charge < -0.3 is 10.6 Å². The maximum Gasteiger partial charge on any atom is 0.220 e. The molecule has 0 radical (unpaired) electrons. The van der Waals surface area contributed by atoms with E-state index < -0.39 is 0 Å². The molecule has 1 aromatic rings. The smallest absolute Gasteiger partial charge is 0.220 e. The third-order valence-corrected chi connectivity index (χ3v) is 3.57. The zero-order chi connectivity index (χ0) is 11.7. The number of hydrogen-bond acceptors (Lipinski definition) is 2. The first-order valence-corrected chi connectivity index (χ1v) is 6.43. The van der Waals surface area contributed by atoms with Crippen molar-refractivity contribution in [2.24, 2.45) is 0 Å². The van der Waals surface area contributed by atoms with Crippen LogP contribution in [0.25, 0.3) is 0 Å². The van der Waals surface area contributed by atoms with Crippen molar-refractivity contribution in [2.45, 2.75) is 44.3 Å². The highest BCUT2D eigenvalue weighted by atomic mass is 16.1. The largest absolute Gasteiger partial charge is 0.353 e. The van der Waals surface area contributed by atoms with Crippen LogP contribution in [0, 0.1) is 0 Å². The van der Waals surface area contributed by atoms with E-state index in [1.165, 1.54) is 11.1 Å². The van der Waals surface area contributed by atoms with Crippen molar-refractivity contribution in [3.05, 3.63) is 35.4 Å². The van der Waals surface area contributed by atoms with Crippen molar-refractivity contribution in [3.63, 3.8) is 0 Å². The quantitative estimate of drug-likeness (QED) is 0.829. The molecule has 3 rings (SSSR count). The predicted molar refractivity (Wildman–Crippen MR) is 66.4 cm³/mol. The van der Waals surface area contributed by atoms with Crippen LogP contribution in [0.1, 0.15) is 42.9 Å². The van der Waals surface area contributed by atoms with Gasteiger partial charge in [-0.2, -0.15) is 0 Å². The Morgan fingerprint density at radius 3 is 3.00 bits per heavy atom. The molecule has 1 atom stereocenters. The van der Waals surface area contributed by atoms with E-state index in [1.807, 2.05) is 0 Å². The number of hydrogen-bond donors (Lipinski definition) is 2. The summed E-state index contributed by atoms with van der Waals surface area (Å²) in [5, 5.41) is 6.50. The van der Waals surface area contributed by atoms with Gasteiger partial charge in [-0.05, 0) is 30.4 Å².